The van der Waals surface area contributed by atoms with Gasteiger partial charge in [-0.15, -0.1) is 0 Å². The van der Waals surface area contributed by atoms with Gasteiger partial charge in [-0.1, -0.05) is 41.7 Å². The van der Waals surface area contributed by atoms with E-state index in [0.717, 1.165) is 15.5 Å². The van der Waals surface area contributed by atoms with Crippen LogP contribution in [0.3, 0.4) is 0 Å². The van der Waals surface area contributed by atoms with Crippen molar-refractivity contribution in [2.75, 3.05) is 0 Å². The summed E-state index contributed by atoms with van der Waals surface area (Å²) >= 11 is 2.51. The standard InChI is InChI=1S/C10H17IN2/c1-3-4-8(13-12)6-9-7(2)5-10(9)11/h3-4,6-7,9-10,13H,5,12H2,1-2H3/b4-3-,8-6+. The topological polar surface area (TPSA) is 38.0 Å². The summed E-state index contributed by atoms with van der Waals surface area (Å²) in [5.74, 6) is 6.89. The third-order valence-corrected chi connectivity index (χ3v) is 3.90. The number of nitrogens with one attached hydrogen (secondary N) is 1. The minimum absolute atomic E-state index is 0.683. The van der Waals surface area contributed by atoms with Crippen molar-refractivity contribution in [2.45, 2.75) is 24.2 Å². The largest absolute Gasteiger partial charge is 0.324 e. The minimum atomic E-state index is 0.683. The molecule has 0 radical (unpaired) electrons. The quantitative estimate of drug-likeness (QED) is 0.275. The summed E-state index contributed by atoms with van der Waals surface area (Å²) in [5.41, 5.74) is 3.74. The van der Waals surface area contributed by atoms with E-state index >= 15 is 0 Å². The predicted octanol–water partition coefficient (Wildman–Crippen LogP) is 2.37. The normalized spacial score (nSPS) is 34.8. The van der Waals surface area contributed by atoms with Crippen molar-refractivity contribution >= 4 is 22.6 Å². The zero-order valence-corrected chi connectivity index (χ0v) is 10.3. The molecule has 0 aromatic heterocycles. The fourth-order valence-electron chi connectivity index (χ4n) is 1.64. The van der Waals surface area contributed by atoms with Crippen LogP contribution in [0.5, 0.6) is 0 Å². The number of hydrazine groups is 1. The highest BCUT2D eigenvalue weighted by Crippen LogP contribution is 2.41. The molecule has 1 aliphatic carbocycles. The third kappa shape index (κ3) is 2.71. The molecule has 0 aliphatic heterocycles. The Hall–Kier alpha value is -0.0300. The third-order valence-electron chi connectivity index (χ3n) is 2.56. The summed E-state index contributed by atoms with van der Waals surface area (Å²) in [7, 11) is 0. The van der Waals surface area contributed by atoms with E-state index in [4.69, 9.17) is 5.84 Å². The van der Waals surface area contributed by atoms with Gasteiger partial charge in [-0.3, -0.25) is 5.84 Å². The molecule has 0 heterocycles. The average molecular weight is 292 g/mol. The van der Waals surface area contributed by atoms with Gasteiger partial charge in [0.2, 0.25) is 0 Å². The summed E-state index contributed by atoms with van der Waals surface area (Å²) in [6.45, 7) is 4.29. The number of nitrogens with two attached hydrogens (primary N) is 1. The zero-order chi connectivity index (χ0) is 9.84. The first-order chi connectivity index (χ1) is 6.19. The van der Waals surface area contributed by atoms with Gasteiger partial charge in [0.1, 0.15) is 0 Å². The van der Waals surface area contributed by atoms with Gasteiger partial charge in [-0.2, -0.15) is 0 Å². The van der Waals surface area contributed by atoms with Crippen LogP contribution in [0.2, 0.25) is 0 Å². The lowest BCUT2D eigenvalue weighted by molar-refractivity contribution is 0.275. The van der Waals surface area contributed by atoms with Crippen LogP contribution in [0.15, 0.2) is 23.9 Å². The van der Waals surface area contributed by atoms with E-state index in [2.05, 4.69) is 41.0 Å². The second-order valence-corrected chi connectivity index (χ2v) is 5.17. The Bertz CT molecular complexity index is 215. The van der Waals surface area contributed by atoms with Crippen LogP contribution in [0.1, 0.15) is 20.3 Å². The molecule has 3 unspecified atom stereocenters. The van der Waals surface area contributed by atoms with E-state index in [9.17, 15) is 0 Å². The molecule has 1 saturated carbocycles. The van der Waals surface area contributed by atoms with E-state index in [1.54, 1.807) is 0 Å². The second-order valence-electron chi connectivity index (χ2n) is 3.57. The lowest BCUT2D eigenvalue weighted by atomic mass is 9.74. The van der Waals surface area contributed by atoms with Crippen LogP contribution >= 0.6 is 22.6 Å². The van der Waals surface area contributed by atoms with E-state index in [1.165, 1.54) is 6.42 Å². The number of hydrogen-bond acceptors (Lipinski definition) is 2. The van der Waals surface area contributed by atoms with Crippen LogP contribution in [-0.2, 0) is 0 Å². The molecule has 1 rings (SSSR count). The van der Waals surface area contributed by atoms with E-state index in [0.29, 0.717) is 5.92 Å². The molecule has 0 saturated heterocycles. The monoisotopic (exact) mass is 292 g/mol. The number of alkyl halides is 1. The number of halogens is 1. The highest BCUT2D eigenvalue weighted by Gasteiger charge is 2.34. The summed E-state index contributed by atoms with van der Waals surface area (Å²) in [5, 5.41) is 0. The Labute approximate surface area is 93.8 Å². The maximum atomic E-state index is 5.40. The second kappa shape index (κ2) is 5.00. The van der Waals surface area contributed by atoms with Crippen LogP contribution < -0.4 is 11.3 Å². The fraction of sp³-hybridized carbons (Fsp3) is 0.600. The van der Waals surface area contributed by atoms with Crippen molar-refractivity contribution in [3.8, 4) is 0 Å². The molecule has 74 valence electrons. The first-order valence-corrected chi connectivity index (χ1v) is 5.88. The van der Waals surface area contributed by atoms with Crippen molar-refractivity contribution in [1.29, 1.82) is 0 Å². The molecule has 2 nitrogen and oxygen atoms in total. The zero-order valence-electron chi connectivity index (χ0n) is 8.13. The van der Waals surface area contributed by atoms with E-state index < -0.39 is 0 Å². The highest BCUT2D eigenvalue weighted by atomic mass is 127. The Morgan fingerprint density at radius 1 is 1.62 bits per heavy atom. The van der Waals surface area contributed by atoms with Crippen LogP contribution in [0.25, 0.3) is 0 Å². The minimum Gasteiger partial charge on any atom is -0.324 e. The van der Waals surface area contributed by atoms with Gasteiger partial charge in [0, 0.05) is 9.62 Å². The van der Waals surface area contributed by atoms with Crippen LogP contribution in [-0.4, -0.2) is 3.92 Å². The number of allylic oxidation sites excluding steroid dienone is 3. The molecule has 3 heteroatoms. The molecule has 0 spiro atoms. The molecular weight excluding hydrogens is 275 g/mol. The van der Waals surface area contributed by atoms with Gasteiger partial charge in [-0.05, 0) is 31.3 Å². The van der Waals surface area contributed by atoms with Crippen molar-refractivity contribution in [1.82, 2.24) is 5.43 Å². The van der Waals surface area contributed by atoms with Crippen LogP contribution in [0.4, 0.5) is 0 Å². The SMILES string of the molecule is C/C=C\C(=C/C1C(C)CC1I)NN. The van der Waals surface area contributed by atoms with Gasteiger partial charge in [0.15, 0.2) is 0 Å². The Kier molecular flexibility index (Phi) is 4.25. The molecule has 0 aromatic rings. The molecular formula is C10H17IN2. The smallest absolute Gasteiger partial charge is 0.0445 e. The summed E-state index contributed by atoms with van der Waals surface area (Å²) in [6.07, 6.45) is 7.58. The summed E-state index contributed by atoms with van der Waals surface area (Å²) in [6, 6.07) is 0. The molecule has 1 aliphatic rings. The molecule has 13 heavy (non-hydrogen) atoms. The highest BCUT2D eigenvalue weighted by molar-refractivity contribution is 14.1. The molecule has 0 amide bonds. The Morgan fingerprint density at radius 3 is 2.69 bits per heavy atom. The molecule has 3 atom stereocenters. The summed E-state index contributed by atoms with van der Waals surface area (Å²) in [4.78, 5) is 0. The Morgan fingerprint density at radius 2 is 2.31 bits per heavy atom. The predicted molar refractivity (Wildman–Crippen MR) is 65.3 cm³/mol. The van der Waals surface area contributed by atoms with Gasteiger partial charge in [0.25, 0.3) is 0 Å². The summed E-state index contributed by atoms with van der Waals surface area (Å²) < 4.78 is 0.779. The maximum absolute atomic E-state index is 5.40. The molecule has 1 fully saturated rings. The Balaban J connectivity index is 2.61. The lowest BCUT2D eigenvalue weighted by Gasteiger charge is -2.38. The first-order valence-electron chi connectivity index (χ1n) is 4.64. The maximum Gasteiger partial charge on any atom is 0.0445 e. The van der Waals surface area contributed by atoms with Gasteiger partial charge in [-0.25, -0.2) is 0 Å². The molecule has 3 N–H and O–H groups in total. The lowest BCUT2D eigenvalue weighted by Crippen LogP contribution is -2.35. The average Bonchev–Trinajstić information content (AvgIpc) is 2.12. The van der Waals surface area contributed by atoms with E-state index in [-0.39, 0.29) is 0 Å². The molecule has 0 aromatic carbocycles. The van der Waals surface area contributed by atoms with Crippen molar-refractivity contribution < 1.29 is 0 Å². The number of rotatable bonds is 3. The van der Waals surface area contributed by atoms with Crippen LogP contribution in [0, 0.1) is 11.8 Å². The van der Waals surface area contributed by atoms with Crippen molar-refractivity contribution in [2.24, 2.45) is 17.7 Å². The van der Waals surface area contributed by atoms with Gasteiger partial charge >= 0.3 is 0 Å². The van der Waals surface area contributed by atoms with E-state index in [1.807, 2.05) is 19.1 Å². The van der Waals surface area contributed by atoms with Crippen molar-refractivity contribution in [3.05, 3.63) is 23.9 Å². The number of hydrogen-bond donors (Lipinski definition) is 2. The van der Waals surface area contributed by atoms with Gasteiger partial charge < -0.3 is 5.43 Å². The van der Waals surface area contributed by atoms with Gasteiger partial charge in [0.05, 0.1) is 0 Å². The first kappa shape index (κ1) is 11.0. The fourth-order valence-corrected chi connectivity index (χ4v) is 3.36. The molecule has 0 bridgehead atoms. The van der Waals surface area contributed by atoms with Crippen molar-refractivity contribution in [3.63, 3.8) is 0 Å².